The van der Waals surface area contributed by atoms with Crippen LogP contribution in [-0.4, -0.2) is 13.4 Å². The molecule has 1 aromatic rings. The highest BCUT2D eigenvalue weighted by Crippen LogP contribution is 2.19. The first kappa shape index (κ1) is 9.34. The van der Waals surface area contributed by atoms with Crippen LogP contribution in [0.2, 0.25) is 0 Å². The molecule has 0 aliphatic heterocycles. The first-order valence-corrected chi connectivity index (χ1v) is 4.98. The van der Waals surface area contributed by atoms with E-state index in [0.717, 1.165) is 6.20 Å². The Morgan fingerprint density at radius 1 is 1.42 bits per heavy atom. The zero-order valence-electron chi connectivity index (χ0n) is 5.46. The maximum absolute atomic E-state index is 12.6. The van der Waals surface area contributed by atoms with Crippen molar-refractivity contribution in [2.45, 2.75) is 4.90 Å². The molecule has 0 saturated heterocycles. The van der Waals surface area contributed by atoms with Crippen LogP contribution in [0.4, 0.5) is 8.78 Å². The molecule has 1 aromatic heterocycles. The Hall–Kier alpha value is -0.750. The van der Waals surface area contributed by atoms with Crippen LogP contribution in [0.25, 0.3) is 0 Å². The highest BCUT2D eigenvalue weighted by Gasteiger charge is 2.22. The molecule has 0 radical (unpaired) electrons. The van der Waals surface area contributed by atoms with Gasteiger partial charge in [0.2, 0.25) is 5.95 Å². The summed E-state index contributed by atoms with van der Waals surface area (Å²) in [5.74, 6) is -2.69. The molecule has 0 N–H and O–H groups in total. The summed E-state index contributed by atoms with van der Waals surface area (Å²) in [6, 6.07) is 0.707. The van der Waals surface area contributed by atoms with E-state index in [1.54, 1.807) is 0 Å². The van der Waals surface area contributed by atoms with Crippen molar-refractivity contribution < 1.29 is 17.2 Å². The molecule has 0 aromatic carbocycles. The van der Waals surface area contributed by atoms with Crippen molar-refractivity contribution in [2.75, 3.05) is 0 Å². The molecule has 0 fully saturated rings. The van der Waals surface area contributed by atoms with Gasteiger partial charge in [0, 0.05) is 16.9 Å². The van der Waals surface area contributed by atoms with E-state index in [1.165, 1.54) is 0 Å². The Bertz CT molecular complexity index is 386. The Kier molecular flexibility index (Phi) is 2.29. The van der Waals surface area contributed by atoms with Crippen LogP contribution in [0.5, 0.6) is 0 Å². The first-order valence-electron chi connectivity index (χ1n) is 2.67. The quantitative estimate of drug-likeness (QED) is 0.522. The van der Waals surface area contributed by atoms with Crippen LogP contribution in [0.3, 0.4) is 0 Å². The smallest absolute Gasteiger partial charge is 0.227 e. The van der Waals surface area contributed by atoms with Crippen molar-refractivity contribution in [3.63, 3.8) is 0 Å². The molecule has 3 nitrogen and oxygen atoms in total. The minimum atomic E-state index is -4.40. The van der Waals surface area contributed by atoms with Gasteiger partial charge in [-0.25, -0.2) is 17.8 Å². The van der Waals surface area contributed by atoms with Gasteiger partial charge in [0.15, 0.2) is 4.90 Å². The fourth-order valence-electron chi connectivity index (χ4n) is 0.618. The standard InChI is InChI=1S/C5H2ClF2NO2S/c6-12(10,11)4-3(7)1-2-9-5(4)8/h1-2H. The molecule has 0 amide bonds. The zero-order valence-corrected chi connectivity index (χ0v) is 7.03. The van der Waals surface area contributed by atoms with E-state index in [-0.39, 0.29) is 0 Å². The van der Waals surface area contributed by atoms with Crippen molar-refractivity contribution >= 4 is 19.7 Å². The summed E-state index contributed by atoms with van der Waals surface area (Å²) in [6.45, 7) is 0. The third-order valence-corrected chi connectivity index (χ3v) is 2.37. The van der Waals surface area contributed by atoms with Gasteiger partial charge in [0.25, 0.3) is 9.05 Å². The lowest BCUT2D eigenvalue weighted by molar-refractivity contribution is 0.497. The van der Waals surface area contributed by atoms with Gasteiger partial charge in [-0.15, -0.1) is 0 Å². The molecule has 0 unspecified atom stereocenters. The minimum absolute atomic E-state index is 0.707. The lowest BCUT2D eigenvalue weighted by Gasteiger charge is -1.97. The number of aromatic nitrogens is 1. The summed E-state index contributed by atoms with van der Waals surface area (Å²) in [7, 11) is 0.317. The molecule has 0 aliphatic rings. The predicted octanol–water partition coefficient (Wildman–Crippen LogP) is 1.29. The van der Waals surface area contributed by atoms with Crippen molar-refractivity contribution in [3.05, 3.63) is 24.0 Å². The highest BCUT2D eigenvalue weighted by atomic mass is 35.7. The van der Waals surface area contributed by atoms with Crippen LogP contribution in [-0.2, 0) is 9.05 Å². The second kappa shape index (κ2) is 2.95. The van der Waals surface area contributed by atoms with E-state index < -0.39 is 25.7 Å². The van der Waals surface area contributed by atoms with Crippen molar-refractivity contribution in [1.82, 2.24) is 4.98 Å². The van der Waals surface area contributed by atoms with Crippen LogP contribution >= 0.6 is 10.7 Å². The molecule has 0 atom stereocenters. The number of nitrogens with zero attached hydrogens (tertiary/aromatic N) is 1. The average molecular weight is 214 g/mol. The van der Waals surface area contributed by atoms with Crippen molar-refractivity contribution in [2.24, 2.45) is 0 Å². The molecule has 1 heterocycles. The van der Waals surface area contributed by atoms with Gasteiger partial charge in [-0.05, 0) is 6.07 Å². The number of hydrogen-bond acceptors (Lipinski definition) is 3. The Morgan fingerprint density at radius 2 is 2.00 bits per heavy atom. The minimum Gasteiger partial charge on any atom is -0.227 e. The topological polar surface area (TPSA) is 47.0 Å². The lowest BCUT2D eigenvalue weighted by Crippen LogP contribution is -2.01. The predicted molar refractivity (Wildman–Crippen MR) is 37.2 cm³/mol. The van der Waals surface area contributed by atoms with Crippen molar-refractivity contribution in [1.29, 1.82) is 0 Å². The second-order valence-corrected chi connectivity index (χ2v) is 4.35. The van der Waals surface area contributed by atoms with Crippen LogP contribution in [0.1, 0.15) is 0 Å². The van der Waals surface area contributed by atoms with Gasteiger partial charge < -0.3 is 0 Å². The first-order chi connectivity index (χ1) is 5.43. The van der Waals surface area contributed by atoms with Gasteiger partial charge in [-0.3, -0.25) is 0 Å². The molecular weight excluding hydrogens is 212 g/mol. The Morgan fingerprint density at radius 3 is 2.33 bits per heavy atom. The zero-order chi connectivity index (χ0) is 9.35. The number of hydrogen-bond donors (Lipinski definition) is 0. The molecule has 0 spiro atoms. The van der Waals surface area contributed by atoms with E-state index in [1.807, 2.05) is 0 Å². The lowest BCUT2D eigenvalue weighted by atomic mass is 10.5. The summed E-state index contributed by atoms with van der Waals surface area (Å²) in [5.41, 5.74) is 0. The van der Waals surface area contributed by atoms with E-state index >= 15 is 0 Å². The van der Waals surface area contributed by atoms with Gasteiger partial charge in [-0.2, -0.15) is 4.39 Å². The van der Waals surface area contributed by atoms with E-state index in [4.69, 9.17) is 10.7 Å². The molecule has 66 valence electrons. The largest absolute Gasteiger partial charge is 0.268 e. The third kappa shape index (κ3) is 1.70. The molecule has 0 aliphatic carbocycles. The Balaban J connectivity index is 3.53. The fourth-order valence-corrected chi connectivity index (χ4v) is 1.59. The number of pyridine rings is 1. The molecule has 0 bridgehead atoms. The summed E-state index contributed by atoms with van der Waals surface area (Å²) in [4.78, 5) is 1.72. The number of rotatable bonds is 1. The van der Waals surface area contributed by atoms with Crippen LogP contribution < -0.4 is 0 Å². The summed E-state index contributed by atoms with van der Waals surface area (Å²) in [6.07, 6.45) is 0.802. The van der Waals surface area contributed by atoms with Gasteiger partial charge >= 0.3 is 0 Å². The SMILES string of the molecule is O=S(=O)(Cl)c1c(F)ccnc1F. The van der Waals surface area contributed by atoms with Crippen LogP contribution in [0.15, 0.2) is 17.2 Å². The van der Waals surface area contributed by atoms with Gasteiger partial charge in [-0.1, -0.05) is 0 Å². The maximum atomic E-state index is 12.6. The van der Waals surface area contributed by atoms with E-state index in [2.05, 4.69) is 4.98 Å². The average Bonchev–Trinajstić information content (AvgIpc) is 1.82. The Labute approximate surface area is 71.4 Å². The molecule has 7 heteroatoms. The fraction of sp³-hybridized carbons (Fsp3) is 0. The monoisotopic (exact) mass is 213 g/mol. The van der Waals surface area contributed by atoms with Gasteiger partial charge in [0.05, 0.1) is 0 Å². The molecular formula is C5H2ClF2NO2S. The molecule has 0 saturated carbocycles. The normalized spacial score (nSPS) is 11.6. The second-order valence-electron chi connectivity index (χ2n) is 1.85. The number of halogens is 3. The summed E-state index contributed by atoms with van der Waals surface area (Å²) < 4.78 is 46.2. The van der Waals surface area contributed by atoms with Gasteiger partial charge in [0.1, 0.15) is 5.82 Å². The summed E-state index contributed by atoms with van der Waals surface area (Å²) >= 11 is 0. The highest BCUT2D eigenvalue weighted by molar-refractivity contribution is 8.13. The maximum Gasteiger partial charge on any atom is 0.268 e. The van der Waals surface area contributed by atoms with E-state index in [9.17, 15) is 17.2 Å². The van der Waals surface area contributed by atoms with Crippen LogP contribution in [0, 0.1) is 11.8 Å². The molecule has 1 rings (SSSR count). The van der Waals surface area contributed by atoms with E-state index in [0.29, 0.717) is 6.07 Å². The molecule has 12 heavy (non-hydrogen) atoms. The summed E-state index contributed by atoms with van der Waals surface area (Å²) in [5, 5.41) is 0. The van der Waals surface area contributed by atoms with Crippen molar-refractivity contribution in [3.8, 4) is 0 Å². The third-order valence-electron chi connectivity index (χ3n) is 1.06.